The molecule has 0 aromatic carbocycles. The molecule has 0 aromatic rings. The fourth-order valence-electron chi connectivity index (χ4n) is 1.09. The fraction of sp³-hybridized carbons (Fsp3) is 0.727. The Morgan fingerprint density at radius 1 is 1.31 bits per heavy atom. The first-order valence-corrected chi connectivity index (χ1v) is 5.14. The van der Waals surface area contributed by atoms with Crippen LogP contribution in [0.15, 0.2) is 12.2 Å². The molecule has 0 fully saturated rings. The normalized spacial score (nSPS) is 14.5. The molecule has 0 atom stereocenters. The van der Waals surface area contributed by atoms with Gasteiger partial charge in [0.15, 0.2) is 0 Å². The summed E-state index contributed by atoms with van der Waals surface area (Å²) in [5.74, 6) is -0.693. The van der Waals surface area contributed by atoms with Crippen molar-refractivity contribution in [2.24, 2.45) is 0 Å². The highest BCUT2D eigenvalue weighted by atomic mass is 16.4. The van der Waals surface area contributed by atoms with Crippen LogP contribution >= 0.6 is 0 Å². The van der Waals surface area contributed by atoms with E-state index in [9.17, 15) is 4.79 Å². The van der Waals surface area contributed by atoms with Crippen molar-refractivity contribution in [2.45, 2.75) is 51.9 Å². The van der Waals surface area contributed by atoms with E-state index in [-0.39, 0.29) is 0 Å². The molecular formula is C11H20O2. The molecular weight excluding hydrogens is 164 g/mol. The first kappa shape index (κ1) is 12.2. The molecule has 2 nitrogen and oxygen atoms in total. The van der Waals surface area contributed by atoms with Crippen molar-refractivity contribution >= 4 is 5.97 Å². The molecule has 0 spiro atoms. The summed E-state index contributed by atoms with van der Waals surface area (Å²) in [5.41, 5.74) is 0. The number of carboxylic acids is 1. The highest BCUT2D eigenvalue weighted by Gasteiger charge is 1.90. The molecule has 2 heteroatoms. The van der Waals surface area contributed by atoms with E-state index < -0.39 is 5.97 Å². The molecule has 0 saturated heterocycles. The lowest BCUT2D eigenvalue weighted by Crippen LogP contribution is -1.91. The van der Waals surface area contributed by atoms with Crippen LogP contribution in [0.3, 0.4) is 0 Å². The summed E-state index contributed by atoms with van der Waals surface area (Å²) in [6, 6.07) is 0. The largest absolute Gasteiger partial charge is 0.481 e. The Balaban J connectivity index is 0.000000223. The molecule has 1 N–H and O–H groups in total. The highest BCUT2D eigenvalue weighted by molar-refractivity contribution is 5.66. The van der Waals surface area contributed by atoms with Gasteiger partial charge in [-0.25, -0.2) is 0 Å². The molecule has 0 radical (unpaired) electrons. The third-order valence-corrected chi connectivity index (χ3v) is 1.90. The standard InChI is InChI=1S/C6H10.C5H10O2/c1-2-4-6-5-3-1;1-2-3-4-5(6)7/h1-2H,3-6H2;2-4H2,1H3,(H,6,7). The van der Waals surface area contributed by atoms with E-state index in [0.717, 1.165) is 12.8 Å². The van der Waals surface area contributed by atoms with Gasteiger partial charge < -0.3 is 5.11 Å². The quantitative estimate of drug-likeness (QED) is 0.683. The Kier molecular flexibility index (Phi) is 8.73. The molecule has 0 bridgehead atoms. The van der Waals surface area contributed by atoms with E-state index in [1.54, 1.807) is 0 Å². The maximum atomic E-state index is 9.76. The van der Waals surface area contributed by atoms with E-state index >= 15 is 0 Å². The fourth-order valence-corrected chi connectivity index (χ4v) is 1.09. The Labute approximate surface area is 80.7 Å². The second kappa shape index (κ2) is 9.30. The summed E-state index contributed by atoms with van der Waals surface area (Å²) in [4.78, 5) is 9.76. The predicted molar refractivity (Wildman–Crippen MR) is 54.8 cm³/mol. The third-order valence-electron chi connectivity index (χ3n) is 1.90. The van der Waals surface area contributed by atoms with Gasteiger partial charge in [-0.2, -0.15) is 0 Å². The van der Waals surface area contributed by atoms with Gasteiger partial charge in [-0.1, -0.05) is 25.5 Å². The molecule has 0 unspecified atom stereocenters. The van der Waals surface area contributed by atoms with Crippen LogP contribution in [-0.4, -0.2) is 11.1 Å². The number of hydrogen-bond donors (Lipinski definition) is 1. The minimum Gasteiger partial charge on any atom is -0.481 e. The lowest BCUT2D eigenvalue weighted by Gasteiger charge is -1.97. The predicted octanol–water partition coefficient (Wildman–Crippen LogP) is 3.38. The van der Waals surface area contributed by atoms with Crippen LogP contribution in [-0.2, 0) is 4.79 Å². The lowest BCUT2D eigenvalue weighted by molar-refractivity contribution is -0.137. The van der Waals surface area contributed by atoms with Crippen molar-refractivity contribution in [2.75, 3.05) is 0 Å². The van der Waals surface area contributed by atoms with Crippen LogP contribution in [0.4, 0.5) is 0 Å². The van der Waals surface area contributed by atoms with Gasteiger partial charge in [0.1, 0.15) is 0 Å². The molecule has 13 heavy (non-hydrogen) atoms. The van der Waals surface area contributed by atoms with Gasteiger partial charge in [-0.3, -0.25) is 4.79 Å². The number of unbranched alkanes of at least 4 members (excludes halogenated alkanes) is 1. The minimum absolute atomic E-state index is 0.316. The number of carboxylic acid groups (broad SMARTS) is 1. The average molecular weight is 184 g/mol. The topological polar surface area (TPSA) is 37.3 Å². The first-order chi connectivity index (χ1) is 6.27. The molecule has 0 amide bonds. The second-order valence-electron chi connectivity index (χ2n) is 3.25. The van der Waals surface area contributed by atoms with Crippen molar-refractivity contribution < 1.29 is 9.90 Å². The Morgan fingerprint density at radius 2 is 1.85 bits per heavy atom. The van der Waals surface area contributed by atoms with Crippen LogP contribution < -0.4 is 0 Å². The van der Waals surface area contributed by atoms with E-state index in [1.807, 2.05) is 6.92 Å². The van der Waals surface area contributed by atoms with Crippen molar-refractivity contribution in [3.8, 4) is 0 Å². The van der Waals surface area contributed by atoms with E-state index in [1.165, 1.54) is 25.7 Å². The van der Waals surface area contributed by atoms with Crippen LogP contribution in [0.2, 0.25) is 0 Å². The molecule has 0 heterocycles. The number of aliphatic carboxylic acids is 1. The first-order valence-electron chi connectivity index (χ1n) is 5.14. The van der Waals surface area contributed by atoms with Gasteiger partial charge in [0.25, 0.3) is 0 Å². The Bertz CT molecular complexity index is 142. The summed E-state index contributed by atoms with van der Waals surface area (Å²) in [6.45, 7) is 1.98. The highest BCUT2D eigenvalue weighted by Crippen LogP contribution is 2.07. The average Bonchev–Trinajstić information content (AvgIpc) is 2.18. The van der Waals surface area contributed by atoms with Gasteiger partial charge in [-0.05, 0) is 32.1 Å². The maximum absolute atomic E-state index is 9.76. The lowest BCUT2D eigenvalue weighted by atomic mass is 10.1. The Hall–Kier alpha value is -0.790. The number of carbonyl (C=O) groups is 1. The summed E-state index contributed by atoms with van der Waals surface area (Å²) >= 11 is 0. The van der Waals surface area contributed by atoms with Crippen molar-refractivity contribution in [3.63, 3.8) is 0 Å². The van der Waals surface area contributed by atoms with E-state index in [2.05, 4.69) is 12.2 Å². The molecule has 0 saturated carbocycles. The minimum atomic E-state index is -0.693. The molecule has 0 aromatic heterocycles. The monoisotopic (exact) mass is 184 g/mol. The van der Waals surface area contributed by atoms with E-state index in [0.29, 0.717) is 6.42 Å². The van der Waals surface area contributed by atoms with Gasteiger partial charge >= 0.3 is 5.97 Å². The van der Waals surface area contributed by atoms with E-state index in [4.69, 9.17) is 5.11 Å². The second-order valence-corrected chi connectivity index (χ2v) is 3.25. The smallest absolute Gasteiger partial charge is 0.303 e. The third kappa shape index (κ3) is 11.2. The molecule has 1 rings (SSSR count). The molecule has 1 aliphatic rings. The van der Waals surface area contributed by atoms with Crippen molar-refractivity contribution in [3.05, 3.63) is 12.2 Å². The number of rotatable bonds is 3. The van der Waals surface area contributed by atoms with Gasteiger partial charge in [0, 0.05) is 6.42 Å². The van der Waals surface area contributed by atoms with Crippen LogP contribution in [0, 0.1) is 0 Å². The molecule has 0 aliphatic heterocycles. The zero-order valence-electron chi connectivity index (χ0n) is 8.46. The number of allylic oxidation sites excluding steroid dienone is 2. The molecule has 1 aliphatic carbocycles. The summed E-state index contributed by atoms with van der Waals surface area (Å²) in [6.07, 6.45) is 12.1. The van der Waals surface area contributed by atoms with Crippen molar-refractivity contribution in [1.29, 1.82) is 0 Å². The number of hydrogen-bond acceptors (Lipinski definition) is 1. The van der Waals surface area contributed by atoms with Crippen LogP contribution in [0.5, 0.6) is 0 Å². The zero-order valence-corrected chi connectivity index (χ0v) is 8.46. The van der Waals surface area contributed by atoms with Gasteiger partial charge in [0.2, 0.25) is 0 Å². The Morgan fingerprint density at radius 3 is 2.00 bits per heavy atom. The van der Waals surface area contributed by atoms with Gasteiger partial charge in [-0.15, -0.1) is 0 Å². The SMILES string of the molecule is C1=CCCCC1.CCCCC(=O)O. The summed E-state index contributed by atoms with van der Waals surface area (Å²) < 4.78 is 0. The van der Waals surface area contributed by atoms with Crippen LogP contribution in [0.25, 0.3) is 0 Å². The molecule has 76 valence electrons. The summed E-state index contributed by atoms with van der Waals surface area (Å²) in [5, 5.41) is 8.04. The zero-order chi connectivity index (χ0) is 9.94. The maximum Gasteiger partial charge on any atom is 0.303 e. The van der Waals surface area contributed by atoms with Crippen LogP contribution in [0.1, 0.15) is 51.9 Å². The van der Waals surface area contributed by atoms with Gasteiger partial charge in [0.05, 0.1) is 0 Å². The summed E-state index contributed by atoms with van der Waals surface area (Å²) in [7, 11) is 0. The van der Waals surface area contributed by atoms with Crippen molar-refractivity contribution in [1.82, 2.24) is 0 Å².